The van der Waals surface area contributed by atoms with Crippen molar-refractivity contribution in [1.82, 2.24) is 0 Å². The maximum absolute atomic E-state index is 2.38. The van der Waals surface area contributed by atoms with Crippen LogP contribution in [-0.4, -0.2) is 0 Å². The quantitative estimate of drug-likeness (QED) is 0.143. The maximum atomic E-state index is 2.38. The van der Waals surface area contributed by atoms with Crippen LogP contribution in [0.4, 0.5) is 0 Å². The van der Waals surface area contributed by atoms with Crippen LogP contribution < -0.4 is 0 Å². The van der Waals surface area contributed by atoms with Crippen molar-refractivity contribution >= 4 is 0 Å². The van der Waals surface area contributed by atoms with Crippen LogP contribution >= 0.6 is 0 Å². The van der Waals surface area contributed by atoms with Gasteiger partial charge in [0.2, 0.25) is 0 Å². The summed E-state index contributed by atoms with van der Waals surface area (Å²) >= 11 is 0. The molecule has 0 aromatic heterocycles. The average molecular weight is 351 g/mol. The van der Waals surface area contributed by atoms with E-state index in [2.05, 4.69) is 26.0 Å². The summed E-state index contributed by atoms with van der Waals surface area (Å²) in [5.41, 5.74) is 0. The molecule has 0 aliphatic heterocycles. The predicted octanol–water partition coefficient (Wildman–Crippen LogP) is 9.77. The molecular weight excluding hydrogens is 300 g/mol. The summed E-state index contributed by atoms with van der Waals surface area (Å²) in [6.07, 6.45) is 34.9. The van der Waals surface area contributed by atoms with Gasteiger partial charge in [0.25, 0.3) is 0 Å². The first kappa shape index (κ1) is 24.7. The lowest BCUT2D eigenvalue weighted by molar-refractivity contribution is 0.525. The minimum absolute atomic E-state index is 1.26. The topological polar surface area (TPSA) is 0 Å². The molecule has 0 saturated heterocycles. The van der Waals surface area contributed by atoms with E-state index in [0.717, 1.165) is 0 Å². The summed E-state index contributed by atoms with van der Waals surface area (Å²) in [4.78, 5) is 0. The van der Waals surface area contributed by atoms with E-state index in [0.29, 0.717) is 0 Å². The summed E-state index contributed by atoms with van der Waals surface area (Å²) in [6, 6.07) is 0. The predicted molar refractivity (Wildman–Crippen MR) is 117 cm³/mol. The third-order valence-electron chi connectivity index (χ3n) is 5.35. The van der Waals surface area contributed by atoms with Gasteiger partial charge in [0.05, 0.1) is 0 Å². The van der Waals surface area contributed by atoms with Gasteiger partial charge < -0.3 is 0 Å². The van der Waals surface area contributed by atoms with Gasteiger partial charge in [-0.05, 0) is 19.3 Å². The number of hydrogen-bond donors (Lipinski definition) is 0. The standard InChI is InChI=1S/C25H50/c1-3-5-7-9-11-13-15-17-19-21-23-25-24-22-20-18-16-14-12-10-8-6-4-2/h7,9H,3-6,8,10-25H2,1-2H3. The molecule has 0 bridgehead atoms. The molecule has 0 nitrogen and oxygen atoms in total. The molecule has 0 atom stereocenters. The molecule has 0 radical (unpaired) electrons. The van der Waals surface area contributed by atoms with Crippen molar-refractivity contribution in [3.8, 4) is 0 Å². The molecule has 25 heavy (non-hydrogen) atoms. The van der Waals surface area contributed by atoms with Crippen LogP contribution in [0.1, 0.15) is 149 Å². The first-order chi connectivity index (χ1) is 12.4. The lowest BCUT2D eigenvalue weighted by atomic mass is 10.0. The highest BCUT2D eigenvalue weighted by atomic mass is 14.0. The highest BCUT2D eigenvalue weighted by Crippen LogP contribution is 2.14. The van der Waals surface area contributed by atoms with E-state index >= 15 is 0 Å². The van der Waals surface area contributed by atoms with E-state index in [9.17, 15) is 0 Å². The van der Waals surface area contributed by atoms with Gasteiger partial charge in [0, 0.05) is 0 Å². The molecule has 0 fully saturated rings. The van der Waals surface area contributed by atoms with Crippen LogP contribution in [0.15, 0.2) is 12.2 Å². The molecule has 0 N–H and O–H groups in total. The molecule has 0 heteroatoms. The molecular formula is C25H50. The summed E-state index contributed by atoms with van der Waals surface area (Å²) in [7, 11) is 0. The van der Waals surface area contributed by atoms with Gasteiger partial charge >= 0.3 is 0 Å². The zero-order valence-corrected chi connectivity index (χ0v) is 18.0. The van der Waals surface area contributed by atoms with E-state index in [1.54, 1.807) is 0 Å². The number of allylic oxidation sites excluding steroid dienone is 2. The molecule has 0 spiro atoms. The van der Waals surface area contributed by atoms with E-state index in [4.69, 9.17) is 0 Å². The number of rotatable bonds is 21. The van der Waals surface area contributed by atoms with Gasteiger partial charge in [0.1, 0.15) is 0 Å². The SMILES string of the molecule is CCCC=CCCCCCCCCCCCCCCCCCCCC. The molecule has 150 valence electrons. The van der Waals surface area contributed by atoms with Crippen molar-refractivity contribution in [2.24, 2.45) is 0 Å². The van der Waals surface area contributed by atoms with Crippen LogP contribution in [0, 0.1) is 0 Å². The van der Waals surface area contributed by atoms with Crippen molar-refractivity contribution in [3.05, 3.63) is 12.2 Å². The van der Waals surface area contributed by atoms with Gasteiger partial charge in [0.15, 0.2) is 0 Å². The van der Waals surface area contributed by atoms with Gasteiger partial charge in [-0.25, -0.2) is 0 Å². The van der Waals surface area contributed by atoms with Gasteiger partial charge in [-0.1, -0.05) is 142 Å². The zero-order valence-electron chi connectivity index (χ0n) is 18.0. The second-order valence-electron chi connectivity index (χ2n) is 8.06. The third kappa shape index (κ3) is 23.7. The van der Waals surface area contributed by atoms with Crippen LogP contribution in [0.25, 0.3) is 0 Å². The normalized spacial score (nSPS) is 11.6. The molecule has 0 rings (SSSR count). The second-order valence-corrected chi connectivity index (χ2v) is 8.06. The maximum Gasteiger partial charge on any atom is -0.0351 e. The summed E-state index contributed by atoms with van der Waals surface area (Å²) in [5, 5.41) is 0. The first-order valence-corrected chi connectivity index (χ1v) is 12.1. The Morgan fingerprint density at radius 2 is 0.640 bits per heavy atom. The number of unbranched alkanes of at least 4 members (excludes halogenated alkanes) is 19. The minimum Gasteiger partial charge on any atom is -0.0885 e. The Bertz CT molecular complexity index is 240. The molecule has 0 heterocycles. The molecule has 0 aromatic rings. The van der Waals surface area contributed by atoms with Crippen molar-refractivity contribution in [2.45, 2.75) is 149 Å². The van der Waals surface area contributed by atoms with Crippen molar-refractivity contribution in [1.29, 1.82) is 0 Å². The molecule has 0 aliphatic carbocycles. The molecule has 0 aliphatic rings. The van der Waals surface area contributed by atoms with Crippen molar-refractivity contribution in [3.63, 3.8) is 0 Å². The summed E-state index contributed by atoms with van der Waals surface area (Å²) in [5.74, 6) is 0. The monoisotopic (exact) mass is 350 g/mol. The Hall–Kier alpha value is -0.260. The Morgan fingerprint density at radius 1 is 0.320 bits per heavy atom. The Balaban J connectivity index is 2.98. The fraction of sp³-hybridized carbons (Fsp3) is 0.920. The van der Waals surface area contributed by atoms with E-state index < -0.39 is 0 Å². The summed E-state index contributed by atoms with van der Waals surface area (Å²) < 4.78 is 0. The second kappa shape index (κ2) is 23.7. The van der Waals surface area contributed by atoms with E-state index in [-0.39, 0.29) is 0 Å². The molecule has 0 saturated carbocycles. The first-order valence-electron chi connectivity index (χ1n) is 12.1. The smallest absolute Gasteiger partial charge is 0.0351 e. The van der Waals surface area contributed by atoms with Gasteiger partial charge in [-0.3, -0.25) is 0 Å². The lowest BCUT2D eigenvalue weighted by Crippen LogP contribution is -1.84. The Kier molecular flexibility index (Phi) is 23.5. The highest BCUT2D eigenvalue weighted by molar-refractivity contribution is 4.80. The van der Waals surface area contributed by atoms with E-state index in [1.165, 1.54) is 135 Å². The zero-order chi connectivity index (χ0) is 18.3. The van der Waals surface area contributed by atoms with Crippen LogP contribution in [0.5, 0.6) is 0 Å². The van der Waals surface area contributed by atoms with Crippen LogP contribution in [0.2, 0.25) is 0 Å². The molecule has 0 unspecified atom stereocenters. The van der Waals surface area contributed by atoms with E-state index in [1.807, 2.05) is 0 Å². The van der Waals surface area contributed by atoms with Gasteiger partial charge in [-0.2, -0.15) is 0 Å². The Labute approximate surface area is 161 Å². The minimum atomic E-state index is 1.26. The fourth-order valence-corrected chi connectivity index (χ4v) is 3.57. The average Bonchev–Trinajstić information content (AvgIpc) is 2.63. The van der Waals surface area contributed by atoms with Crippen molar-refractivity contribution < 1.29 is 0 Å². The van der Waals surface area contributed by atoms with Gasteiger partial charge in [-0.15, -0.1) is 0 Å². The number of hydrogen-bond acceptors (Lipinski definition) is 0. The lowest BCUT2D eigenvalue weighted by Gasteiger charge is -2.03. The van der Waals surface area contributed by atoms with Crippen LogP contribution in [-0.2, 0) is 0 Å². The van der Waals surface area contributed by atoms with Crippen LogP contribution in [0.3, 0.4) is 0 Å². The van der Waals surface area contributed by atoms with Crippen molar-refractivity contribution in [2.75, 3.05) is 0 Å². The summed E-state index contributed by atoms with van der Waals surface area (Å²) in [6.45, 7) is 4.55. The Morgan fingerprint density at radius 3 is 1.00 bits per heavy atom. The molecule has 0 amide bonds. The largest absolute Gasteiger partial charge is 0.0885 e. The fourth-order valence-electron chi connectivity index (χ4n) is 3.57. The highest BCUT2D eigenvalue weighted by Gasteiger charge is 1.94. The molecule has 0 aromatic carbocycles. The third-order valence-corrected chi connectivity index (χ3v) is 5.35.